The lowest BCUT2D eigenvalue weighted by molar-refractivity contribution is -0.137. The summed E-state index contributed by atoms with van der Waals surface area (Å²) in [5, 5.41) is 3.23. The van der Waals surface area contributed by atoms with E-state index in [1.807, 2.05) is 6.07 Å². The van der Waals surface area contributed by atoms with E-state index in [1.165, 1.54) is 18.0 Å². The molecule has 1 aliphatic heterocycles. The second-order valence-corrected chi connectivity index (χ2v) is 5.63. The maximum absolute atomic E-state index is 13.1. The van der Waals surface area contributed by atoms with Crippen molar-refractivity contribution in [3.63, 3.8) is 0 Å². The van der Waals surface area contributed by atoms with Gasteiger partial charge in [-0.15, -0.1) is 0 Å². The van der Waals surface area contributed by atoms with E-state index >= 15 is 0 Å². The average molecular weight is 276 g/mol. The van der Waals surface area contributed by atoms with E-state index in [-0.39, 0.29) is 36.1 Å². The molecule has 1 saturated heterocycles. The molecule has 1 aromatic rings. The first-order valence-electron chi connectivity index (χ1n) is 6.86. The molecule has 5 heteroatoms. The van der Waals surface area contributed by atoms with E-state index in [0.717, 1.165) is 18.4 Å². The number of imide groups is 1. The topological polar surface area (TPSA) is 49.4 Å². The van der Waals surface area contributed by atoms with Gasteiger partial charge in [-0.05, 0) is 36.5 Å². The Balaban J connectivity index is 1.54. The van der Waals surface area contributed by atoms with Crippen molar-refractivity contribution in [1.82, 2.24) is 10.2 Å². The molecule has 0 radical (unpaired) electrons. The van der Waals surface area contributed by atoms with Gasteiger partial charge in [-0.2, -0.15) is 0 Å². The van der Waals surface area contributed by atoms with E-state index in [1.54, 1.807) is 12.1 Å². The molecule has 1 saturated carbocycles. The minimum absolute atomic E-state index is 0.131. The summed E-state index contributed by atoms with van der Waals surface area (Å²) < 4.78 is 13.1. The Kier molecular flexibility index (Phi) is 3.30. The Hall–Kier alpha value is -1.75. The molecule has 20 heavy (non-hydrogen) atoms. The van der Waals surface area contributed by atoms with Crippen LogP contribution < -0.4 is 5.32 Å². The highest BCUT2D eigenvalue weighted by molar-refractivity contribution is 6.05. The zero-order valence-corrected chi connectivity index (χ0v) is 11.3. The molecule has 1 aromatic carbocycles. The van der Waals surface area contributed by atoms with Crippen molar-refractivity contribution in [2.24, 2.45) is 0 Å². The van der Waals surface area contributed by atoms with Gasteiger partial charge in [0.05, 0.1) is 12.5 Å². The SMILES string of the molecule is CN1C(=O)CC(NC2CC(c3cccc(F)c3)C2)C1=O. The van der Waals surface area contributed by atoms with Crippen molar-refractivity contribution < 1.29 is 14.0 Å². The Bertz CT molecular complexity index is 555. The second kappa shape index (κ2) is 4.98. The number of likely N-dealkylation sites (N-methyl/N-ethyl adjacent to an activating group) is 1. The largest absolute Gasteiger partial charge is 0.303 e. The van der Waals surface area contributed by atoms with Gasteiger partial charge in [0.2, 0.25) is 11.8 Å². The van der Waals surface area contributed by atoms with E-state index in [2.05, 4.69) is 5.32 Å². The summed E-state index contributed by atoms with van der Waals surface area (Å²) >= 11 is 0. The zero-order valence-electron chi connectivity index (χ0n) is 11.3. The van der Waals surface area contributed by atoms with Crippen LogP contribution in [0.2, 0.25) is 0 Å². The third-order valence-corrected chi connectivity index (χ3v) is 4.28. The van der Waals surface area contributed by atoms with Crippen LogP contribution in [0.25, 0.3) is 0 Å². The normalized spacial score (nSPS) is 29.7. The van der Waals surface area contributed by atoms with Gasteiger partial charge in [0.15, 0.2) is 0 Å². The molecule has 1 heterocycles. The van der Waals surface area contributed by atoms with Crippen LogP contribution in [0.3, 0.4) is 0 Å². The van der Waals surface area contributed by atoms with Gasteiger partial charge in [0.1, 0.15) is 5.82 Å². The minimum atomic E-state index is -0.383. The number of likely N-dealkylation sites (tertiary alicyclic amines) is 1. The maximum atomic E-state index is 13.1. The third kappa shape index (κ3) is 2.33. The van der Waals surface area contributed by atoms with E-state index in [9.17, 15) is 14.0 Å². The summed E-state index contributed by atoms with van der Waals surface area (Å²) in [5.41, 5.74) is 1.01. The van der Waals surface area contributed by atoms with Crippen molar-refractivity contribution >= 4 is 11.8 Å². The fourth-order valence-corrected chi connectivity index (χ4v) is 2.96. The van der Waals surface area contributed by atoms with Crippen molar-refractivity contribution in [2.75, 3.05) is 7.05 Å². The molecule has 0 bridgehead atoms. The highest BCUT2D eigenvalue weighted by Gasteiger charge is 2.40. The average Bonchev–Trinajstić information content (AvgIpc) is 2.61. The molecule has 3 rings (SSSR count). The first kappa shape index (κ1) is 13.2. The monoisotopic (exact) mass is 276 g/mol. The van der Waals surface area contributed by atoms with Crippen LogP contribution in [-0.2, 0) is 9.59 Å². The number of halogens is 1. The molecule has 106 valence electrons. The predicted molar refractivity (Wildman–Crippen MR) is 71.5 cm³/mol. The molecule has 1 aliphatic carbocycles. The van der Waals surface area contributed by atoms with Crippen molar-refractivity contribution in [1.29, 1.82) is 0 Å². The summed E-state index contributed by atoms with van der Waals surface area (Å²) in [5.74, 6) is -0.150. The van der Waals surface area contributed by atoms with Crippen LogP contribution in [0, 0.1) is 5.82 Å². The summed E-state index contributed by atoms with van der Waals surface area (Å²) in [6, 6.07) is 6.51. The van der Waals surface area contributed by atoms with Gasteiger partial charge in [-0.1, -0.05) is 12.1 Å². The Labute approximate surface area is 117 Å². The zero-order chi connectivity index (χ0) is 14.3. The van der Waals surface area contributed by atoms with Gasteiger partial charge >= 0.3 is 0 Å². The van der Waals surface area contributed by atoms with Crippen LogP contribution in [0.1, 0.15) is 30.7 Å². The second-order valence-electron chi connectivity index (χ2n) is 5.63. The third-order valence-electron chi connectivity index (χ3n) is 4.28. The van der Waals surface area contributed by atoms with E-state index in [0.29, 0.717) is 5.92 Å². The Morgan fingerprint density at radius 3 is 2.65 bits per heavy atom. The lowest BCUT2D eigenvalue weighted by Crippen LogP contribution is -2.48. The molecule has 2 fully saturated rings. The van der Waals surface area contributed by atoms with Crippen LogP contribution in [0.15, 0.2) is 24.3 Å². The molecule has 2 aliphatic rings. The number of hydrogen-bond acceptors (Lipinski definition) is 3. The summed E-state index contributed by atoms with van der Waals surface area (Å²) in [6.45, 7) is 0. The smallest absolute Gasteiger partial charge is 0.246 e. The first-order chi connectivity index (χ1) is 9.54. The number of hydrogen-bond donors (Lipinski definition) is 1. The minimum Gasteiger partial charge on any atom is -0.303 e. The summed E-state index contributed by atoms with van der Waals surface area (Å²) in [4.78, 5) is 24.4. The van der Waals surface area contributed by atoms with Crippen molar-refractivity contribution in [2.45, 2.75) is 37.3 Å². The number of benzene rings is 1. The standard InChI is InChI=1S/C15H17FN2O2/c1-18-14(19)8-13(15(18)20)17-12-6-10(7-12)9-3-2-4-11(16)5-9/h2-5,10,12-13,17H,6-8H2,1H3. The molecule has 4 nitrogen and oxygen atoms in total. The lowest BCUT2D eigenvalue weighted by Gasteiger charge is -2.37. The molecule has 1 unspecified atom stereocenters. The molecule has 1 N–H and O–H groups in total. The van der Waals surface area contributed by atoms with E-state index < -0.39 is 0 Å². The Morgan fingerprint density at radius 2 is 2.05 bits per heavy atom. The van der Waals surface area contributed by atoms with Crippen LogP contribution in [0.4, 0.5) is 4.39 Å². The highest BCUT2D eigenvalue weighted by Crippen LogP contribution is 2.37. The number of carbonyl (C=O) groups is 2. The first-order valence-corrected chi connectivity index (χ1v) is 6.86. The van der Waals surface area contributed by atoms with Crippen LogP contribution in [-0.4, -0.2) is 35.8 Å². The molecule has 1 atom stereocenters. The summed E-state index contributed by atoms with van der Waals surface area (Å²) in [7, 11) is 1.52. The number of rotatable bonds is 3. The fourth-order valence-electron chi connectivity index (χ4n) is 2.96. The van der Waals surface area contributed by atoms with Gasteiger partial charge in [0, 0.05) is 13.1 Å². The quantitative estimate of drug-likeness (QED) is 0.849. The van der Waals surface area contributed by atoms with Crippen molar-refractivity contribution in [3.8, 4) is 0 Å². The Morgan fingerprint density at radius 1 is 1.30 bits per heavy atom. The predicted octanol–water partition coefficient (Wildman–Crippen LogP) is 1.42. The summed E-state index contributed by atoms with van der Waals surface area (Å²) in [6.07, 6.45) is 2.01. The van der Waals surface area contributed by atoms with Crippen LogP contribution in [0.5, 0.6) is 0 Å². The molecule has 2 amide bonds. The van der Waals surface area contributed by atoms with Gasteiger partial charge in [0.25, 0.3) is 0 Å². The van der Waals surface area contributed by atoms with Gasteiger partial charge in [-0.3, -0.25) is 14.5 Å². The maximum Gasteiger partial charge on any atom is 0.246 e. The number of carbonyl (C=O) groups excluding carboxylic acids is 2. The lowest BCUT2D eigenvalue weighted by atomic mass is 9.75. The highest BCUT2D eigenvalue weighted by atomic mass is 19.1. The number of amides is 2. The van der Waals surface area contributed by atoms with Crippen LogP contribution >= 0.6 is 0 Å². The van der Waals surface area contributed by atoms with Gasteiger partial charge < -0.3 is 5.32 Å². The number of nitrogens with one attached hydrogen (secondary N) is 1. The van der Waals surface area contributed by atoms with E-state index in [4.69, 9.17) is 0 Å². The van der Waals surface area contributed by atoms with Crippen molar-refractivity contribution in [3.05, 3.63) is 35.6 Å². The van der Waals surface area contributed by atoms with Gasteiger partial charge in [-0.25, -0.2) is 4.39 Å². The molecule has 0 spiro atoms. The molecular formula is C15H17FN2O2. The molecular weight excluding hydrogens is 259 g/mol. The number of nitrogens with zero attached hydrogens (tertiary/aromatic N) is 1. The molecule has 0 aromatic heterocycles. The fraction of sp³-hybridized carbons (Fsp3) is 0.467.